The molecule has 1 aromatic rings. The van der Waals surface area contributed by atoms with Crippen LogP contribution in [0.2, 0.25) is 5.02 Å². The lowest BCUT2D eigenvalue weighted by Gasteiger charge is -2.39. The Hall–Kier alpha value is -1.06. The summed E-state index contributed by atoms with van der Waals surface area (Å²) in [5.41, 5.74) is 1.36. The highest BCUT2D eigenvalue weighted by Gasteiger charge is 2.33. The molecule has 1 unspecified atom stereocenters. The molecular formula is C15H19ClN2O. The fraction of sp³-hybridized carbons (Fsp3) is 0.533. The molecule has 4 heteroatoms. The van der Waals surface area contributed by atoms with E-state index in [1.165, 1.54) is 5.56 Å². The van der Waals surface area contributed by atoms with Crippen molar-refractivity contribution in [2.45, 2.75) is 43.7 Å². The van der Waals surface area contributed by atoms with Gasteiger partial charge in [-0.05, 0) is 49.3 Å². The maximum Gasteiger partial charge on any atom is 0.237 e. The molecule has 1 saturated heterocycles. The Bertz CT molecular complexity index is 454. The van der Waals surface area contributed by atoms with Crippen molar-refractivity contribution < 1.29 is 4.79 Å². The van der Waals surface area contributed by atoms with Crippen LogP contribution in [0.4, 0.5) is 0 Å². The Morgan fingerprint density at radius 2 is 1.95 bits per heavy atom. The lowest BCUT2D eigenvalue weighted by Crippen LogP contribution is -2.54. The van der Waals surface area contributed by atoms with Crippen LogP contribution in [-0.2, 0) is 4.79 Å². The number of nitrogens with one attached hydrogen (secondary N) is 2. The standard InChI is InChI=1S/C15H19ClN2O/c16-12-5-3-10(4-6-12)11-8-13(9-11)18-14-2-1-7-17-15(14)19/h3-6,11,13-14,18H,1-2,7-9H2,(H,17,19). The highest BCUT2D eigenvalue weighted by Crippen LogP contribution is 2.37. The number of halogens is 1. The van der Waals surface area contributed by atoms with Crippen LogP contribution in [-0.4, -0.2) is 24.5 Å². The number of carbonyl (C=O) groups is 1. The fourth-order valence-corrected chi connectivity index (χ4v) is 3.10. The Balaban J connectivity index is 1.50. The van der Waals surface area contributed by atoms with E-state index in [9.17, 15) is 4.79 Å². The summed E-state index contributed by atoms with van der Waals surface area (Å²) in [4.78, 5) is 11.7. The molecule has 2 N–H and O–H groups in total. The van der Waals surface area contributed by atoms with Crippen LogP contribution in [0.15, 0.2) is 24.3 Å². The Labute approximate surface area is 118 Å². The Morgan fingerprint density at radius 3 is 2.63 bits per heavy atom. The molecule has 0 bridgehead atoms. The van der Waals surface area contributed by atoms with Gasteiger partial charge in [0, 0.05) is 17.6 Å². The van der Waals surface area contributed by atoms with Crippen molar-refractivity contribution in [1.29, 1.82) is 0 Å². The van der Waals surface area contributed by atoms with Crippen LogP contribution in [0.5, 0.6) is 0 Å². The molecular weight excluding hydrogens is 260 g/mol. The molecule has 1 amide bonds. The maximum absolute atomic E-state index is 11.7. The average Bonchev–Trinajstić information content (AvgIpc) is 2.37. The molecule has 102 valence electrons. The van der Waals surface area contributed by atoms with Crippen LogP contribution < -0.4 is 10.6 Å². The van der Waals surface area contributed by atoms with Gasteiger partial charge < -0.3 is 10.6 Å². The Morgan fingerprint density at radius 1 is 1.21 bits per heavy atom. The van der Waals surface area contributed by atoms with E-state index in [0.717, 1.165) is 37.3 Å². The number of hydrogen-bond donors (Lipinski definition) is 2. The molecule has 1 aromatic carbocycles. The van der Waals surface area contributed by atoms with Gasteiger partial charge >= 0.3 is 0 Å². The van der Waals surface area contributed by atoms with Crippen molar-refractivity contribution in [3.8, 4) is 0 Å². The van der Waals surface area contributed by atoms with Gasteiger partial charge in [0.05, 0.1) is 6.04 Å². The summed E-state index contributed by atoms with van der Waals surface area (Å²) in [6, 6.07) is 8.62. The first-order valence-electron chi connectivity index (χ1n) is 7.01. The zero-order chi connectivity index (χ0) is 13.2. The fourth-order valence-electron chi connectivity index (χ4n) is 2.98. The third-order valence-electron chi connectivity index (χ3n) is 4.20. The lowest BCUT2D eigenvalue weighted by atomic mass is 9.75. The van der Waals surface area contributed by atoms with Gasteiger partial charge in [-0.1, -0.05) is 23.7 Å². The first-order chi connectivity index (χ1) is 9.22. The normalized spacial score (nSPS) is 30.6. The van der Waals surface area contributed by atoms with E-state index in [-0.39, 0.29) is 11.9 Å². The zero-order valence-corrected chi connectivity index (χ0v) is 11.6. The molecule has 3 nitrogen and oxygen atoms in total. The van der Waals surface area contributed by atoms with Crippen molar-refractivity contribution in [3.05, 3.63) is 34.9 Å². The SMILES string of the molecule is O=C1NCCCC1NC1CC(c2ccc(Cl)cc2)C1. The summed E-state index contributed by atoms with van der Waals surface area (Å²) in [5.74, 6) is 0.780. The first kappa shape index (κ1) is 12.9. The van der Waals surface area contributed by atoms with Crippen molar-refractivity contribution in [2.75, 3.05) is 6.54 Å². The van der Waals surface area contributed by atoms with E-state index in [1.807, 2.05) is 12.1 Å². The van der Waals surface area contributed by atoms with Crippen molar-refractivity contribution >= 4 is 17.5 Å². The second-order valence-corrected chi connectivity index (χ2v) is 6.01. The van der Waals surface area contributed by atoms with E-state index in [2.05, 4.69) is 22.8 Å². The number of rotatable bonds is 3. The van der Waals surface area contributed by atoms with E-state index in [1.54, 1.807) is 0 Å². The zero-order valence-electron chi connectivity index (χ0n) is 10.9. The van der Waals surface area contributed by atoms with Crippen molar-refractivity contribution in [2.24, 2.45) is 0 Å². The summed E-state index contributed by atoms with van der Waals surface area (Å²) < 4.78 is 0. The lowest BCUT2D eigenvalue weighted by molar-refractivity contribution is -0.124. The molecule has 0 spiro atoms. The molecule has 2 fully saturated rings. The van der Waals surface area contributed by atoms with E-state index in [4.69, 9.17) is 11.6 Å². The minimum absolute atomic E-state index is 0.0184. The van der Waals surface area contributed by atoms with Gasteiger partial charge in [-0.2, -0.15) is 0 Å². The minimum atomic E-state index is 0.0184. The molecule has 1 aliphatic carbocycles. The largest absolute Gasteiger partial charge is 0.355 e. The highest BCUT2D eigenvalue weighted by atomic mass is 35.5. The molecule has 3 rings (SSSR count). The van der Waals surface area contributed by atoms with Crippen LogP contribution in [0.3, 0.4) is 0 Å². The highest BCUT2D eigenvalue weighted by molar-refractivity contribution is 6.30. The average molecular weight is 279 g/mol. The van der Waals surface area contributed by atoms with Gasteiger partial charge in [0.25, 0.3) is 0 Å². The topological polar surface area (TPSA) is 41.1 Å². The molecule has 1 heterocycles. The third kappa shape index (κ3) is 2.93. The summed E-state index contributed by atoms with van der Waals surface area (Å²) in [6.07, 6.45) is 4.28. The minimum Gasteiger partial charge on any atom is -0.355 e. The molecule has 2 aliphatic rings. The molecule has 1 aliphatic heterocycles. The van der Waals surface area contributed by atoms with E-state index >= 15 is 0 Å². The number of piperidine rings is 1. The number of carbonyl (C=O) groups excluding carboxylic acids is 1. The number of hydrogen-bond acceptors (Lipinski definition) is 2. The second-order valence-electron chi connectivity index (χ2n) is 5.57. The van der Waals surface area contributed by atoms with Gasteiger partial charge in [-0.3, -0.25) is 4.79 Å². The predicted octanol–water partition coefficient (Wildman–Crippen LogP) is 2.45. The second kappa shape index (κ2) is 5.51. The van der Waals surface area contributed by atoms with E-state index in [0.29, 0.717) is 12.0 Å². The molecule has 1 atom stereocenters. The van der Waals surface area contributed by atoms with Gasteiger partial charge in [-0.25, -0.2) is 0 Å². The van der Waals surface area contributed by atoms with Crippen molar-refractivity contribution in [1.82, 2.24) is 10.6 Å². The maximum atomic E-state index is 11.7. The van der Waals surface area contributed by atoms with Crippen LogP contribution >= 0.6 is 11.6 Å². The predicted molar refractivity (Wildman–Crippen MR) is 76.4 cm³/mol. The quantitative estimate of drug-likeness (QED) is 0.892. The van der Waals surface area contributed by atoms with Gasteiger partial charge in [0.15, 0.2) is 0 Å². The first-order valence-corrected chi connectivity index (χ1v) is 7.39. The van der Waals surface area contributed by atoms with Gasteiger partial charge in [-0.15, -0.1) is 0 Å². The molecule has 0 radical (unpaired) electrons. The van der Waals surface area contributed by atoms with E-state index < -0.39 is 0 Å². The number of amides is 1. The van der Waals surface area contributed by atoms with Crippen molar-refractivity contribution in [3.63, 3.8) is 0 Å². The van der Waals surface area contributed by atoms with Crippen LogP contribution in [0.1, 0.15) is 37.2 Å². The Kier molecular flexibility index (Phi) is 3.76. The van der Waals surface area contributed by atoms with Crippen LogP contribution in [0.25, 0.3) is 0 Å². The summed E-state index contributed by atoms with van der Waals surface area (Å²) >= 11 is 5.89. The molecule has 19 heavy (non-hydrogen) atoms. The third-order valence-corrected chi connectivity index (χ3v) is 4.45. The smallest absolute Gasteiger partial charge is 0.237 e. The monoisotopic (exact) mass is 278 g/mol. The summed E-state index contributed by atoms with van der Waals surface area (Å²) in [7, 11) is 0. The summed E-state index contributed by atoms with van der Waals surface area (Å²) in [6.45, 7) is 0.828. The van der Waals surface area contributed by atoms with Gasteiger partial charge in [0.2, 0.25) is 5.91 Å². The molecule has 1 saturated carbocycles. The molecule has 0 aromatic heterocycles. The summed E-state index contributed by atoms with van der Waals surface area (Å²) in [5, 5.41) is 7.19. The van der Waals surface area contributed by atoms with Gasteiger partial charge in [0.1, 0.15) is 0 Å². The van der Waals surface area contributed by atoms with Crippen LogP contribution in [0, 0.1) is 0 Å². The number of benzene rings is 1.